The van der Waals surface area contributed by atoms with Gasteiger partial charge in [0.2, 0.25) is 0 Å². The third-order valence-corrected chi connectivity index (χ3v) is 3.04. The molecule has 112 valence electrons. The minimum absolute atomic E-state index is 0. The fourth-order valence-corrected chi connectivity index (χ4v) is 1.81. The van der Waals surface area contributed by atoms with Gasteiger partial charge in [-0.3, -0.25) is 0 Å². The molecular formula is C15H19ClN4O. The lowest BCUT2D eigenvalue weighted by molar-refractivity contribution is -0.591. The van der Waals surface area contributed by atoms with E-state index in [0.29, 0.717) is 9.75 Å². The summed E-state index contributed by atoms with van der Waals surface area (Å²) in [5, 5.41) is 20.0. The van der Waals surface area contributed by atoms with Gasteiger partial charge < -0.3 is 10.1 Å². The van der Waals surface area contributed by atoms with E-state index in [-0.39, 0.29) is 13.2 Å². The predicted octanol–water partition coefficient (Wildman–Crippen LogP) is 4.40. The van der Waals surface area contributed by atoms with E-state index in [1.54, 1.807) is 6.07 Å². The summed E-state index contributed by atoms with van der Waals surface area (Å²) in [7, 11) is 3.95. The number of anilines is 1. The highest BCUT2D eigenvalue weighted by atomic mass is 35.5. The summed E-state index contributed by atoms with van der Waals surface area (Å²) < 4.78 is 0.593. The summed E-state index contributed by atoms with van der Waals surface area (Å²) in [5.41, 5.74) is 2.81. The number of hydrogen-bond acceptors (Lipinski definition) is 4. The maximum atomic E-state index is 11.6. The van der Waals surface area contributed by atoms with Crippen LogP contribution in [0.3, 0.4) is 0 Å². The monoisotopic (exact) mass is 306 g/mol. The van der Waals surface area contributed by atoms with Gasteiger partial charge in [-0.25, -0.2) is 4.73 Å². The summed E-state index contributed by atoms with van der Waals surface area (Å²) in [6.07, 6.45) is 1.25. The molecule has 0 radical (unpaired) electrons. The van der Waals surface area contributed by atoms with Gasteiger partial charge in [-0.2, -0.15) is 0 Å². The molecule has 0 atom stereocenters. The quantitative estimate of drug-likeness (QED) is 0.479. The molecule has 0 bridgehead atoms. The molecule has 0 amide bonds. The fraction of sp³-hybridized carbons (Fsp3) is 0.267. The summed E-state index contributed by atoms with van der Waals surface area (Å²) in [6, 6.07) is 8.98. The first-order valence-corrected chi connectivity index (χ1v) is 6.43. The zero-order chi connectivity index (χ0) is 14.7. The van der Waals surface area contributed by atoms with Crippen molar-refractivity contribution in [2.45, 2.75) is 14.4 Å². The van der Waals surface area contributed by atoms with Crippen LogP contribution in [0.25, 0.3) is 0 Å². The van der Waals surface area contributed by atoms with Crippen molar-refractivity contribution in [3.05, 3.63) is 52.3 Å². The van der Waals surface area contributed by atoms with Gasteiger partial charge >= 0.3 is 5.82 Å². The van der Waals surface area contributed by atoms with Gasteiger partial charge in [-0.15, -0.1) is 0 Å². The molecule has 1 aromatic carbocycles. The molecule has 0 aliphatic rings. The number of azo groups is 1. The molecule has 0 aliphatic heterocycles. The molecule has 0 unspecified atom stereocenters. The molecule has 0 fully saturated rings. The summed E-state index contributed by atoms with van der Waals surface area (Å²) in [5.74, 6) is 0.200. The van der Waals surface area contributed by atoms with E-state index in [4.69, 9.17) is 11.6 Å². The molecule has 1 heterocycles. The first-order valence-electron chi connectivity index (χ1n) is 6.06. The standard InChI is InChI=1S/C14H15ClN4O.CH4/c1-10-8-12(18(2)3)5-6-13(10)16-17-14-7-4-11(15)9-19(14)20;/h4-9H,1-3H3;1H4. The Morgan fingerprint density at radius 1 is 1.14 bits per heavy atom. The summed E-state index contributed by atoms with van der Waals surface area (Å²) >= 11 is 5.71. The normalized spacial score (nSPS) is 10.5. The molecule has 0 aliphatic carbocycles. The average molecular weight is 307 g/mol. The third-order valence-electron chi connectivity index (χ3n) is 2.81. The number of nitrogens with zero attached hydrogens (tertiary/aromatic N) is 4. The summed E-state index contributed by atoms with van der Waals surface area (Å²) in [6.45, 7) is 1.95. The Morgan fingerprint density at radius 2 is 1.86 bits per heavy atom. The van der Waals surface area contributed by atoms with E-state index in [0.717, 1.165) is 16.9 Å². The van der Waals surface area contributed by atoms with Gasteiger partial charge in [-0.05, 0) is 41.9 Å². The SMILES string of the molecule is C.Cc1cc(N(C)C)ccc1N=Nc1ccc(Cl)c[n+]1[O-]. The Morgan fingerprint density at radius 3 is 2.43 bits per heavy atom. The predicted molar refractivity (Wildman–Crippen MR) is 86.8 cm³/mol. The van der Waals surface area contributed by atoms with Crippen molar-refractivity contribution in [2.24, 2.45) is 10.2 Å². The molecule has 6 heteroatoms. The highest BCUT2D eigenvalue weighted by molar-refractivity contribution is 6.30. The van der Waals surface area contributed by atoms with E-state index in [2.05, 4.69) is 10.2 Å². The maximum Gasteiger partial charge on any atom is 0.353 e. The second kappa shape index (κ2) is 7.04. The second-order valence-corrected chi connectivity index (χ2v) is 5.03. The Kier molecular flexibility index (Phi) is 5.67. The molecule has 0 N–H and O–H groups in total. The van der Waals surface area contributed by atoms with Gasteiger partial charge in [-0.1, -0.05) is 19.0 Å². The molecule has 0 spiro atoms. The van der Waals surface area contributed by atoms with Crippen molar-refractivity contribution in [2.75, 3.05) is 19.0 Å². The van der Waals surface area contributed by atoms with Gasteiger partial charge in [0.1, 0.15) is 11.9 Å². The first kappa shape index (κ1) is 16.9. The van der Waals surface area contributed by atoms with E-state index < -0.39 is 0 Å². The van der Waals surface area contributed by atoms with Crippen molar-refractivity contribution in [3.63, 3.8) is 0 Å². The van der Waals surface area contributed by atoms with Crippen LogP contribution in [0, 0.1) is 12.1 Å². The van der Waals surface area contributed by atoms with Crippen LogP contribution in [-0.2, 0) is 0 Å². The number of pyridine rings is 1. The van der Waals surface area contributed by atoms with Crippen LogP contribution in [0.2, 0.25) is 5.02 Å². The minimum Gasteiger partial charge on any atom is -0.710 e. The molecule has 1 aromatic heterocycles. The van der Waals surface area contributed by atoms with E-state index >= 15 is 0 Å². The number of aromatic nitrogens is 1. The molecule has 2 aromatic rings. The Hall–Kier alpha value is -2.14. The molecule has 0 saturated carbocycles. The lowest BCUT2D eigenvalue weighted by Gasteiger charge is -2.12. The summed E-state index contributed by atoms with van der Waals surface area (Å²) in [4.78, 5) is 2.01. The van der Waals surface area contributed by atoms with Gasteiger partial charge in [0.15, 0.2) is 0 Å². The average Bonchev–Trinajstić information content (AvgIpc) is 2.38. The van der Waals surface area contributed by atoms with Crippen LogP contribution >= 0.6 is 11.6 Å². The molecular weight excluding hydrogens is 288 g/mol. The van der Waals surface area contributed by atoms with Crippen molar-refractivity contribution < 1.29 is 4.73 Å². The number of aryl methyl sites for hydroxylation is 1. The van der Waals surface area contributed by atoms with E-state index in [9.17, 15) is 5.21 Å². The van der Waals surface area contributed by atoms with E-state index in [1.807, 2.05) is 44.1 Å². The largest absolute Gasteiger partial charge is 0.710 e. The number of hydrogen-bond donors (Lipinski definition) is 0. The van der Waals surface area contributed by atoms with Gasteiger partial charge in [0, 0.05) is 25.8 Å². The number of rotatable bonds is 3. The zero-order valence-corrected chi connectivity index (χ0v) is 12.3. The zero-order valence-electron chi connectivity index (χ0n) is 11.5. The lowest BCUT2D eigenvalue weighted by Crippen LogP contribution is -2.25. The molecule has 0 saturated heterocycles. The molecule has 2 rings (SSSR count). The van der Waals surface area contributed by atoms with Crippen LogP contribution in [0.15, 0.2) is 46.8 Å². The Balaban J connectivity index is 0.00000220. The van der Waals surface area contributed by atoms with Crippen molar-refractivity contribution in [3.8, 4) is 0 Å². The Bertz CT molecular complexity index is 656. The van der Waals surface area contributed by atoms with Gasteiger partial charge in [0.05, 0.1) is 10.1 Å². The number of halogens is 1. The fourth-order valence-electron chi connectivity index (χ4n) is 1.66. The highest BCUT2D eigenvalue weighted by Gasteiger charge is 2.06. The Labute approximate surface area is 130 Å². The van der Waals surface area contributed by atoms with Crippen LogP contribution in [-0.4, -0.2) is 14.1 Å². The maximum absolute atomic E-state index is 11.6. The number of benzene rings is 1. The molecule has 21 heavy (non-hydrogen) atoms. The lowest BCUT2D eigenvalue weighted by atomic mass is 10.2. The highest BCUT2D eigenvalue weighted by Crippen LogP contribution is 2.25. The van der Waals surface area contributed by atoms with E-state index in [1.165, 1.54) is 12.3 Å². The first-order chi connectivity index (χ1) is 9.47. The van der Waals surface area contributed by atoms with Gasteiger partial charge in [0.25, 0.3) is 0 Å². The minimum atomic E-state index is 0. The van der Waals surface area contributed by atoms with Crippen LogP contribution in [0.4, 0.5) is 17.2 Å². The molecule has 5 nitrogen and oxygen atoms in total. The van der Waals surface area contributed by atoms with Crippen LogP contribution in [0.5, 0.6) is 0 Å². The second-order valence-electron chi connectivity index (χ2n) is 4.60. The van der Waals surface area contributed by atoms with Crippen LogP contribution in [0.1, 0.15) is 13.0 Å². The smallest absolute Gasteiger partial charge is 0.353 e. The topological polar surface area (TPSA) is 54.9 Å². The van der Waals surface area contributed by atoms with Crippen molar-refractivity contribution >= 4 is 28.8 Å². The van der Waals surface area contributed by atoms with Crippen molar-refractivity contribution in [1.29, 1.82) is 0 Å². The third kappa shape index (κ3) is 4.16. The van der Waals surface area contributed by atoms with Crippen LogP contribution < -0.4 is 9.63 Å². The van der Waals surface area contributed by atoms with Crippen molar-refractivity contribution in [1.82, 2.24) is 0 Å².